The molecule has 2 heterocycles. The summed E-state index contributed by atoms with van der Waals surface area (Å²) in [6, 6.07) is 0.130. The molecule has 1 fully saturated rings. The number of alkyl halides is 3. The number of hydrogen-bond acceptors (Lipinski definition) is 4. The van der Waals surface area contributed by atoms with E-state index in [2.05, 4.69) is 9.88 Å². The molecule has 0 amide bonds. The number of aromatic nitrogens is 1. The summed E-state index contributed by atoms with van der Waals surface area (Å²) in [4.78, 5) is 5.25. The van der Waals surface area contributed by atoms with E-state index in [0.29, 0.717) is 22.9 Å². The summed E-state index contributed by atoms with van der Waals surface area (Å²) in [6.07, 6.45) is -1.39. The summed E-state index contributed by atoms with van der Waals surface area (Å²) >= 11 is 0.716. The van der Waals surface area contributed by atoms with Crippen LogP contribution in [0.5, 0.6) is 0 Å². The van der Waals surface area contributed by atoms with Crippen molar-refractivity contribution >= 4 is 23.7 Å². The van der Waals surface area contributed by atoms with E-state index in [1.54, 1.807) is 0 Å². The molecule has 0 spiro atoms. The van der Waals surface area contributed by atoms with Crippen LogP contribution < -0.4 is 5.73 Å². The molecule has 1 atom stereocenters. The highest BCUT2D eigenvalue weighted by Gasteiger charge is 2.33. The molecule has 0 aliphatic carbocycles. The molecule has 2 N–H and O–H groups in total. The van der Waals surface area contributed by atoms with Crippen LogP contribution in [-0.4, -0.2) is 29.0 Å². The maximum atomic E-state index is 12.4. The van der Waals surface area contributed by atoms with Gasteiger partial charge in [-0.25, -0.2) is 4.98 Å². The van der Waals surface area contributed by atoms with Gasteiger partial charge in [-0.15, -0.1) is 23.7 Å². The summed E-state index contributed by atoms with van der Waals surface area (Å²) < 4.78 is 37.1. The fourth-order valence-electron chi connectivity index (χ4n) is 1.94. The van der Waals surface area contributed by atoms with Crippen LogP contribution >= 0.6 is 23.7 Å². The van der Waals surface area contributed by atoms with Crippen LogP contribution in [0.2, 0.25) is 0 Å². The largest absolute Gasteiger partial charge is 0.427 e. The SMILES string of the molecule is Cl.NC1CCCN(Cc2ncc(C(F)(F)F)s2)C1. The molecule has 18 heavy (non-hydrogen) atoms. The molecule has 2 rings (SSSR count). The molecule has 1 saturated heterocycles. The number of halogens is 4. The zero-order chi connectivity index (χ0) is 12.5. The molecular formula is C10H15ClF3N3S. The molecule has 0 radical (unpaired) electrons. The minimum Gasteiger partial charge on any atom is -0.327 e. The van der Waals surface area contributed by atoms with E-state index in [-0.39, 0.29) is 18.4 Å². The van der Waals surface area contributed by atoms with E-state index < -0.39 is 11.1 Å². The minimum absolute atomic E-state index is 0. The predicted molar refractivity (Wildman–Crippen MR) is 66.9 cm³/mol. The third kappa shape index (κ3) is 4.08. The normalized spacial score (nSPS) is 21.7. The van der Waals surface area contributed by atoms with Gasteiger partial charge in [-0.05, 0) is 19.4 Å². The van der Waals surface area contributed by atoms with Gasteiger partial charge in [0.2, 0.25) is 0 Å². The third-order valence-electron chi connectivity index (χ3n) is 2.73. The van der Waals surface area contributed by atoms with Crippen molar-refractivity contribution in [3.63, 3.8) is 0 Å². The summed E-state index contributed by atoms with van der Waals surface area (Å²) in [5.74, 6) is 0. The number of thiazole rings is 1. The quantitative estimate of drug-likeness (QED) is 0.912. The summed E-state index contributed by atoms with van der Waals surface area (Å²) in [5, 5.41) is 0.506. The molecule has 1 aromatic heterocycles. The monoisotopic (exact) mass is 301 g/mol. The number of nitrogens with two attached hydrogens (primary N) is 1. The van der Waals surface area contributed by atoms with Gasteiger partial charge in [0.15, 0.2) is 0 Å². The van der Waals surface area contributed by atoms with Crippen LogP contribution in [0.25, 0.3) is 0 Å². The maximum Gasteiger partial charge on any atom is 0.427 e. The smallest absolute Gasteiger partial charge is 0.327 e. The fraction of sp³-hybridized carbons (Fsp3) is 0.700. The van der Waals surface area contributed by atoms with E-state index in [1.165, 1.54) is 0 Å². The number of hydrogen-bond donors (Lipinski definition) is 1. The van der Waals surface area contributed by atoms with E-state index >= 15 is 0 Å². The van der Waals surface area contributed by atoms with E-state index in [4.69, 9.17) is 5.73 Å². The summed E-state index contributed by atoms with van der Waals surface area (Å²) in [6.45, 7) is 2.09. The molecule has 1 aromatic rings. The van der Waals surface area contributed by atoms with E-state index in [1.807, 2.05) is 0 Å². The van der Waals surface area contributed by atoms with Crippen molar-refractivity contribution < 1.29 is 13.2 Å². The first kappa shape index (κ1) is 15.7. The highest BCUT2D eigenvalue weighted by molar-refractivity contribution is 7.11. The molecule has 1 aliphatic rings. The predicted octanol–water partition coefficient (Wildman–Crippen LogP) is 2.51. The fourth-order valence-corrected chi connectivity index (χ4v) is 2.77. The third-order valence-corrected chi connectivity index (χ3v) is 3.76. The van der Waals surface area contributed by atoms with Crippen molar-refractivity contribution in [1.29, 1.82) is 0 Å². The van der Waals surface area contributed by atoms with Crippen LogP contribution in [-0.2, 0) is 12.7 Å². The van der Waals surface area contributed by atoms with Gasteiger partial charge in [-0.1, -0.05) is 0 Å². The molecule has 0 aromatic carbocycles. The highest BCUT2D eigenvalue weighted by atomic mass is 35.5. The van der Waals surface area contributed by atoms with Crippen molar-refractivity contribution in [3.8, 4) is 0 Å². The highest BCUT2D eigenvalue weighted by Crippen LogP contribution is 2.33. The molecule has 3 nitrogen and oxygen atoms in total. The van der Waals surface area contributed by atoms with Gasteiger partial charge in [-0.2, -0.15) is 13.2 Å². The molecule has 1 aliphatic heterocycles. The Kier molecular flexibility index (Phi) is 5.39. The molecular weight excluding hydrogens is 287 g/mol. The number of rotatable bonds is 2. The average Bonchev–Trinajstić information content (AvgIpc) is 2.65. The maximum absolute atomic E-state index is 12.4. The zero-order valence-corrected chi connectivity index (χ0v) is 11.2. The first-order valence-electron chi connectivity index (χ1n) is 5.45. The second-order valence-electron chi connectivity index (χ2n) is 4.25. The van der Waals surface area contributed by atoms with Crippen molar-refractivity contribution in [2.45, 2.75) is 31.6 Å². The van der Waals surface area contributed by atoms with Crippen molar-refractivity contribution in [1.82, 2.24) is 9.88 Å². The lowest BCUT2D eigenvalue weighted by Crippen LogP contribution is -2.42. The number of nitrogens with zero attached hydrogens (tertiary/aromatic N) is 2. The minimum atomic E-state index is -4.28. The standard InChI is InChI=1S/C10H14F3N3S.ClH/c11-10(12,13)8-4-15-9(17-8)6-16-3-1-2-7(14)5-16;/h4,7H,1-3,5-6,14H2;1H. The first-order chi connectivity index (χ1) is 7.95. The Morgan fingerprint density at radius 3 is 2.78 bits per heavy atom. The van der Waals surface area contributed by atoms with Gasteiger partial charge in [0.25, 0.3) is 0 Å². The van der Waals surface area contributed by atoms with Crippen LogP contribution in [0.3, 0.4) is 0 Å². The van der Waals surface area contributed by atoms with E-state index in [0.717, 1.165) is 32.1 Å². The number of piperidine rings is 1. The van der Waals surface area contributed by atoms with Crippen LogP contribution in [0, 0.1) is 0 Å². The Hall–Kier alpha value is -0.370. The first-order valence-corrected chi connectivity index (χ1v) is 6.26. The molecule has 0 bridgehead atoms. The van der Waals surface area contributed by atoms with Gasteiger partial charge < -0.3 is 5.73 Å². The van der Waals surface area contributed by atoms with E-state index in [9.17, 15) is 13.2 Å². The Bertz CT molecular complexity index is 383. The van der Waals surface area contributed by atoms with Crippen molar-refractivity contribution in [2.24, 2.45) is 5.73 Å². The van der Waals surface area contributed by atoms with Gasteiger partial charge in [0, 0.05) is 12.6 Å². The Balaban J connectivity index is 0.00000162. The van der Waals surface area contributed by atoms with Crippen LogP contribution in [0.1, 0.15) is 22.7 Å². The molecule has 1 unspecified atom stereocenters. The second kappa shape index (κ2) is 6.18. The molecule has 8 heteroatoms. The molecule has 0 saturated carbocycles. The number of likely N-dealkylation sites (tertiary alicyclic amines) is 1. The Labute approximate surface area is 114 Å². The molecule has 104 valence electrons. The Morgan fingerprint density at radius 2 is 2.22 bits per heavy atom. The van der Waals surface area contributed by atoms with Crippen molar-refractivity contribution in [3.05, 3.63) is 16.1 Å². The van der Waals surface area contributed by atoms with Gasteiger partial charge in [-0.3, -0.25) is 4.90 Å². The summed E-state index contributed by atoms with van der Waals surface area (Å²) in [7, 11) is 0. The van der Waals surface area contributed by atoms with Crippen molar-refractivity contribution in [2.75, 3.05) is 13.1 Å². The zero-order valence-electron chi connectivity index (χ0n) is 9.61. The topological polar surface area (TPSA) is 42.1 Å². The summed E-state index contributed by atoms with van der Waals surface area (Å²) in [5.41, 5.74) is 5.81. The van der Waals surface area contributed by atoms with Gasteiger partial charge in [0.05, 0.1) is 12.7 Å². The lowest BCUT2D eigenvalue weighted by atomic mass is 10.1. The second-order valence-corrected chi connectivity index (χ2v) is 5.37. The van der Waals surface area contributed by atoms with Crippen LogP contribution in [0.15, 0.2) is 6.20 Å². The van der Waals surface area contributed by atoms with Gasteiger partial charge >= 0.3 is 6.18 Å². The average molecular weight is 302 g/mol. The lowest BCUT2D eigenvalue weighted by molar-refractivity contribution is -0.134. The Morgan fingerprint density at radius 1 is 1.50 bits per heavy atom. The lowest BCUT2D eigenvalue weighted by Gasteiger charge is -2.29. The van der Waals surface area contributed by atoms with Crippen LogP contribution in [0.4, 0.5) is 13.2 Å². The van der Waals surface area contributed by atoms with Gasteiger partial charge in [0.1, 0.15) is 9.88 Å².